The van der Waals surface area contributed by atoms with Crippen molar-refractivity contribution in [2.24, 2.45) is 0 Å². The Morgan fingerprint density at radius 3 is 2.76 bits per heavy atom. The maximum absolute atomic E-state index is 12.5. The molecule has 2 N–H and O–H groups in total. The lowest BCUT2D eigenvalue weighted by atomic mass is 9.98. The molecular weight excluding hydrogens is 358 g/mol. The molecule has 0 saturated heterocycles. The number of aromatic nitrogens is 1. The Balaban J connectivity index is 1.50. The van der Waals surface area contributed by atoms with Crippen molar-refractivity contribution in [3.05, 3.63) is 71.9 Å². The molecule has 0 spiro atoms. The Labute approximate surface area is 172 Å². The van der Waals surface area contributed by atoms with Crippen molar-refractivity contribution >= 4 is 28.1 Å². The smallest absolute Gasteiger partial charge is 0.255 e. The fourth-order valence-corrected chi connectivity index (χ4v) is 4.00. The molecule has 0 aliphatic carbocycles. The number of hydrogen-bond donors (Lipinski definition) is 2. The second kappa shape index (κ2) is 9.10. The van der Waals surface area contributed by atoms with E-state index < -0.39 is 0 Å². The van der Waals surface area contributed by atoms with Gasteiger partial charge in [0.1, 0.15) is 0 Å². The van der Waals surface area contributed by atoms with Crippen molar-refractivity contribution in [2.75, 3.05) is 25.0 Å². The molecule has 3 aromatic rings. The SMILES string of the molecule is CCCCCN1CC=C(c2c[nH]c3ccc(NC(=O)c4ccccc4)cc23)CC1. The summed E-state index contributed by atoms with van der Waals surface area (Å²) in [6.45, 7) is 5.59. The summed E-state index contributed by atoms with van der Waals surface area (Å²) in [5.41, 5.74) is 5.24. The minimum absolute atomic E-state index is 0.0818. The van der Waals surface area contributed by atoms with Gasteiger partial charge in [0, 0.05) is 47.0 Å². The normalized spacial score (nSPS) is 14.7. The summed E-state index contributed by atoms with van der Waals surface area (Å²) in [4.78, 5) is 18.4. The first-order valence-corrected chi connectivity index (χ1v) is 10.6. The number of unbranched alkanes of at least 4 members (excludes halogenated alkanes) is 2. The standard InChI is InChI=1S/C25H29N3O/c1-2-3-7-14-28-15-12-19(13-16-28)23-18-26-24-11-10-21(17-22(23)24)27-25(29)20-8-5-4-6-9-20/h4-6,8-12,17-18,26H,2-3,7,13-16H2,1H3,(H,27,29). The van der Waals surface area contributed by atoms with Crippen molar-refractivity contribution in [1.82, 2.24) is 9.88 Å². The van der Waals surface area contributed by atoms with Crippen LogP contribution < -0.4 is 5.32 Å². The third-order valence-corrected chi connectivity index (χ3v) is 5.69. The van der Waals surface area contributed by atoms with Gasteiger partial charge < -0.3 is 10.3 Å². The minimum atomic E-state index is -0.0818. The predicted molar refractivity (Wildman–Crippen MR) is 121 cm³/mol. The monoisotopic (exact) mass is 387 g/mol. The first-order valence-electron chi connectivity index (χ1n) is 10.6. The zero-order valence-corrected chi connectivity index (χ0v) is 17.1. The lowest BCUT2D eigenvalue weighted by Gasteiger charge is -2.26. The van der Waals surface area contributed by atoms with E-state index in [0.717, 1.165) is 30.7 Å². The van der Waals surface area contributed by atoms with Gasteiger partial charge in [-0.15, -0.1) is 0 Å². The van der Waals surface area contributed by atoms with Crippen LogP contribution in [0.5, 0.6) is 0 Å². The van der Waals surface area contributed by atoms with Gasteiger partial charge in [0.15, 0.2) is 0 Å². The number of aromatic amines is 1. The van der Waals surface area contributed by atoms with Crippen LogP contribution in [-0.2, 0) is 0 Å². The van der Waals surface area contributed by atoms with Crippen LogP contribution in [0.1, 0.15) is 48.5 Å². The Kier molecular flexibility index (Phi) is 6.11. The molecule has 0 unspecified atom stereocenters. The Hall–Kier alpha value is -2.85. The highest BCUT2D eigenvalue weighted by molar-refractivity contribution is 6.05. The van der Waals surface area contributed by atoms with E-state index in [-0.39, 0.29) is 5.91 Å². The van der Waals surface area contributed by atoms with E-state index >= 15 is 0 Å². The highest BCUT2D eigenvalue weighted by Crippen LogP contribution is 2.31. The van der Waals surface area contributed by atoms with E-state index in [9.17, 15) is 4.79 Å². The summed E-state index contributed by atoms with van der Waals surface area (Å²) in [5.74, 6) is -0.0818. The van der Waals surface area contributed by atoms with Gasteiger partial charge in [0.25, 0.3) is 5.91 Å². The number of amides is 1. The Morgan fingerprint density at radius 1 is 1.14 bits per heavy atom. The minimum Gasteiger partial charge on any atom is -0.361 e. The maximum atomic E-state index is 12.5. The summed E-state index contributed by atoms with van der Waals surface area (Å²) in [7, 11) is 0. The van der Waals surface area contributed by atoms with Crippen LogP contribution in [0.4, 0.5) is 5.69 Å². The van der Waals surface area contributed by atoms with Gasteiger partial charge in [-0.1, -0.05) is 44.0 Å². The molecule has 1 aliphatic rings. The van der Waals surface area contributed by atoms with Crippen LogP contribution in [0.2, 0.25) is 0 Å². The molecule has 29 heavy (non-hydrogen) atoms. The van der Waals surface area contributed by atoms with Crippen molar-refractivity contribution < 1.29 is 4.79 Å². The largest absolute Gasteiger partial charge is 0.361 e. The maximum Gasteiger partial charge on any atom is 0.255 e. The number of H-pyrrole nitrogens is 1. The third-order valence-electron chi connectivity index (χ3n) is 5.69. The summed E-state index contributed by atoms with van der Waals surface area (Å²) in [6.07, 6.45) is 9.41. The quantitative estimate of drug-likeness (QED) is 0.511. The molecule has 0 fully saturated rings. The van der Waals surface area contributed by atoms with Gasteiger partial charge in [-0.2, -0.15) is 0 Å². The van der Waals surface area contributed by atoms with Gasteiger partial charge >= 0.3 is 0 Å². The molecule has 0 bridgehead atoms. The number of nitrogens with one attached hydrogen (secondary N) is 2. The summed E-state index contributed by atoms with van der Waals surface area (Å²) in [5, 5.41) is 4.19. The molecule has 4 rings (SSSR count). The van der Waals surface area contributed by atoms with Crippen molar-refractivity contribution in [1.29, 1.82) is 0 Å². The lowest BCUT2D eigenvalue weighted by Crippen LogP contribution is -2.29. The van der Waals surface area contributed by atoms with Crippen LogP contribution >= 0.6 is 0 Å². The summed E-state index contributed by atoms with van der Waals surface area (Å²) >= 11 is 0. The van der Waals surface area contributed by atoms with Crippen molar-refractivity contribution in [3.8, 4) is 0 Å². The average molecular weight is 388 g/mol. The van der Waals surface area contributed by atoms with Crippen LogP contribution in [0.15, 0.2) is 60.8 Å². The molecule has 1 aliphatic heterocycles. The topological polar surface area (TPSA) is 48.1 Å². The number of fused-ring (bicyclic) bond motifs is 1. The second-order valence-electron chi connectivity index (χ2n) is 7.77. The van der Waals surface area contributed by atoms with Gasteiger partial charge in [0.2, 0.25) is 0 Å². The van der Waals surface area contributed by atoms with E-state index in [2.05, 4.69) is 40.5 Å². The predicted octanol–water partition coefficient (Wildman–Crippen LogP) is 5.70. The molecule has 0 saturated carbocycles. The van der Waals surface area contributed by atoms with Crippen molar-refractivity contribution in [3.63, 3.8) is 0 Å². The average Bonchev–Trinajstić information content (AvgIpc) is 3.18. The number of carbonyl (C=O) groups is 1. The number of carbonyl (C=O) groups excluding carboxylic acids is 1. The summed E-state index contributed by atoms with van der Waals surface area (Å²) in [6, 6.07) is 15.4. The van der Waals surface area contributed by atoms with Gasteiger partial charge in [-0.05, 0) is 55.3 Å². The van der Waals surface area contributed by atoms with E-state index in [0.29, 0.717) is 5.56 Å². The van der Waals surface area contributed by atoms with E-state index in [1.54, 1.807) is 0 Å². The van der Waals surface area contributed by atoms with Crippen LogP contribution in [0, 0.1) is 0 Å². The molecule has 4 heteroatoms. The van der Waals surface area contributed by atoms with Crippen LogP contribution in [0.3, 0.4) is 0 Å². The third kappa shape index (κ3) is 4.60. The molecule has 0 radical (unpaired) electrons. The van der Waals surface area contributed by atoms with E-state index in [4.69, 9.17) is 0 Å². The molecule has 150 valence electrons. The van der Waals surface area contributed by atoms with E-state index in [1.807, 2.05) is 42.5 Å². The number of nitrogens with zero attached hydrogens (tertiary/aromatic N) is 1. The number of rotatable bonds is 7. The highest BCUT2D eigenvalue weighted by atomic mass is 16.1. The van der Waals surface area contributed by atoms with Gasteiger partial charge in [0.05, 0.1) is 0 Å². The highest BCUT2D eigenvalue weighted by Gasteiger charge is 2.16. The van der Waals surface area contributed by atoms with Gasteiger partial charge in [-0.25, -0.2) is 0 Å². The lowest BCUT2D eigenvalue weighted by molar-refractivity contribution is 0.102. The molecular formula is C25H29N3O. The zero-order chi connectivity index (χ0) is 20.1. The zero-order valence-electron chi connectivity index (χ0n) is 17.1. The molecule has 2 heterocycles. The fourth-order valence-electron chi connectivity index (χ4n) is 4.00. The first kappa shape index (κ1) is 19.5. The molecule has 4 nitrogen and oxygen atoms in total. The van der Waals surface area contributed by atoms with Crippen LogP contribution in [0.25, 0.3) is 16.5 Å². The molecule has 2 aromatic carbocycles. The van der Waals surface area contributed by atoms with E-state index in [1.165, 1.54) is 42.3 Å². The Morgan fingerprint density at radius 2 is 2.00 bits per heavy atom. The fraction of sp³-hybridized carbons (Fsp3) is 0.320. The number of benzene rings is 2. The number of hydrogen-bond acceptors (Lipinski definition) is 2. The van der Waals surface area contributed by atoms with Crippen LogP contribution in [-0.4, -0.2) is 35.4 Å². The second-order valence-corrected chi connectivity index (χ2v) is 7.77. The first-order chi connectivity index (χ1) is 14.2. The summed E-state index contributed by atoms with van der Waals surface area (Å²) < 4.78 is 0. The molecule has 1 aromatic heterocycles. The van der Waals surface area contributed by atoms with Gasteiger partial charge in [-0.3, -0.25) is 9.69 Å². The number of anilines is 1. The van der Waals surface area contributed by atoms with Crippen molar-refractivity contribution in [2.45, 2.75) is 32.6 Å². The molecule has 1 amide bonds. The molecule has 0 atom stereocenters. The Bertz CT molecular complexity index is 1000.